The van der Waals surface area contributed by atoms with E-state index in [4.69, 9.17) is 28.4 Å². The van der Waals surface area contributed by atoms with Gasteiger partial charge in [0.25, 0.3) is 5.91 Å². The number of ketones is 1. The molecule has 0 aromatic heterocycles. The van der Waals surface area contributed by atoms with Crippen molar-refractivity contribution in [3.63, 3.8) is 0 Å². The smallest absolute Gasteiger partial charge is 0.309 e. The van der Waals surface area contributed by atoms with Gasteiger partial charge in [0.2, 0.25) is 0 Å². The third-order valence-corrected chi connectivity index (χ3v) is 9.51. The van der Waals surface area contributed by atoms with Gasteiger partial charge in [-0.15, -0.1) is 0 Å². The molecular formula is C40H67NO9. The van der Waals surface area contributed by atoms with Crippen LogP contribution >= 0.6 is 0 Å². The number of carbonyl (C=O) groups excluding carboxylic acids is 3. The van der Waals surface area contributed by atoms with E-state index in [0.29, 0.717) is 63.3 Å². The topological polar surface area (TPSA) is 119 Å². The molecule has 0 aromatic carbocycles. The summed E-state index contributed by atoms with van der Waals surface area (Å²) in [6.45, 7) is 12.6. The molecule has 0 bridgehead atoms. The third-order valence-electron chi connectivity index (χ3n) is 9.51. The molecule has 0 saturated carbocycles. The highest BCUT2D eigenvalue weighted by atomic mass is 16.8. The second-order valence-electron chi connectivity index (χ2n) is 14.7. The summed E-state index contributed by atoms with van der Waals surface area (Å²) in [6.07, 6.45) is 10.4. The lowest BCUT2D eigenvalue weighted by Gasteiger charge is -2.25. The van der Waals surface area contributed by atoms with Crippen molar-refractivity contribution in [1.82, 2.24) is 5.32 Å². The van der Waals surface area contributed by atoms with Gasteiger partial charge < -0.3 is 33.7 Å². The van der Waals surface area contributed by atoms with E-state index >= 15 is 0 Å². The highest BCUT2D eigenvalue weighted by Gasteiger charge is 2.42. The number of esters is 1. The van der Waals surface area contributed by atoms with E-state index in [9.17, 15) is 14.4 Å². The molecule has 2 rings (SSSR count). The first-order valence-electron chi connectivity index (χ1n) is 19.0. The first-order chi connectivity index (χ1) is 23.9. The van der Waals surface area contributed by atoms with Gasteiger partial charge in [-0.3, -0.25) is 14.4 Å². The van der Waals surface area contributed by atoms with Gasteiger partial charge in [-0.2, -0.15) is 0 Å². The van der Waals surface area contributed by atoms with Gasteiger partial charge in [-0.1, -0.05) is 58.8 Å². The van der Waals surface area contributed by atoms with Crippen LogP contribution < -0.4 is 5.32 Å². The molecule has 50 heavy (non-hydrogen) atoms. The largest absolute Gasteiger partial charge is 0.452 e. The molecule has 0 aliphatic carbocycles. The average molecular weight is 706 g/mol. The van der Waals surface area contributed by atoms with Crippen LogP contribution in [0.15, 0.2) is 11.6 Å². The number of ether oxygens (including phenoxy) is 6. The van der Waals surface area contributed by atoms with Gasteiger partial charge in [0.05, 0.1) is 30.8 Å². The van der Waals surface area contributed by atoms with Crippen molar-refractivity contribution in [2.75, 3.05) is 34.2 Å². The quantitative estimate of drug-likeness (QED) is 0.161. The zero-order valence-corrected chi connectivity index (χ0v) is 32.3. The zero-order valence-electron chi connectivity index (χ0n) is 32.3. The highest BCUT2D eigenvalue weighted by molar-refractivity contribution is 5.84. The molecule has 0 unspecified atom stereocenters. The minimum absolute atomic E-state index is 0.0553. The predicted molar refractivity (Wildman–Crippen MR) is 194 cm³/mol. The Kier molecular flexibility index (Phi) is 21.1. The highest BCUT2D eigenvalue weighted by Crippen LogP contribution is 2.34. The Hall–Kier alpha value is -2.29. The van der Waals surface area contributed by atoms with E-state index in [2.05, 4.69) is 31.0 Å². The van der Waals surface area contributed by atoms with Crippen LogP contribution in [0.5, 0.6) is 0 Å². The third kappa shape index (κ3) is 17.3. The number of allylic oxidation sites excluding steroid dienone is 1. The second kappa shape index (κ2) is 24.0. The van der Waals surface area contributed by atoms with E-state index in [-0.39, 0.29) is 49.3 Å². The van der Waals surface area contributed by atoms with Crippen molar-refractivity contribution in [2.45, 2.75) is 162 Å². The lowest BCUT2D eigenvalue weighted by molar-refractivity contribution is -0.160. The van der Waals surface area contributed by atoms with Crippen LogP contribution in [0.1, 0.15) is 131 Å². The van der Waals surface area contributed by atoms with E-state index in [1.54, 1.807) is 14.2 Å². The zero-order chi connectivity index (χ0) is 36.9. The van der Waals surface area contributed by atoms with Gasteiger partial charge in [-0.25, -0.2) is 0 Å². The molecular weight excluding hydrogens is 638 g/mol. The molecule has 2 aliphatic heterocycles. The summed E-state index contributed by atoms with van der Waals surface area (Å²) in [4.78, 5) is 39.0. The number of Topliss-reactive ketones (excluding diaryl/α,β-unsaturated/α-hetero) is 1. The molecule has 0 spiro atoms. The van der Waals surface area contributed by atoms with Crippen molar-refractivity contribution in [3.05, 3.63) is 11.6 Å². The van der Waals surface area contributed by atoms with E-state index < -0.39 is 18.0 Å². The summed E-state index contributed by atoms with van der Waals surface area (Å²) in [5, 5.41) is 2.97. The summed E-state index contributed by atoms with van der Waals surface area (Å²) in [7, 11) is 3.24. The van der Waals surface area contributed by atoms with Crippen molar-refractivity contribution in [1.29, 1.82) is 0 Å². The number of carbonyl (C=O) groups is 3. The van der Waals surface area contributed by atoms with E-state index in [0.717, 1.165) is 50.5 Å². The van der Waals surface area contributed by atoms with Crippen molar-refractivity contribution in [3.8, 4) is 11.8 Å². The van der Waals surface area contributed by atoms with Crippen LogP contribution in [-0.4, -0.2) is 82.0 Å². The van der Waals surface area contributed by atoms with Gasteiger partial charge in [0, 0.05) is 45.9 Å². The Morgan fingerprint density at radius 1 is 0.920 bits per heavy atom. The fraction of sp³-hybridized carbons (Fsp3) is 0.825. The summed E-state index contributed by atoms with van der Waals surface area (Å²) in [5.74, 6) is 5.72. The first-order valence-corrected chi connectivity index (χ1v) is 19.0. The number of hydrogen-bond acceptors (Lipinski definition) is 9. The number of nitrogens with one attached hydrogen (secondary N) is 1. The molecule has 10 heteroatoms. The number of amides is 1. The summed E-state index contributed by atoms with van der Waals surface area (Å²) < 4.78 is 35.2. The molecule has 10 nitrogen and oxygen atoms in total. The fourth-order valence-corrected chi connectivity index (χ4v) is 6.72. The van der Waals surface area contributed by atoms with Crippen LogP contribution in [0.2, 0.25) is 0 Å². The number of methoxy groups -OCH3 is 2. The lowest BCUT2D eigenvalue weighted by Crippen LogP contribution is -2.44. The second-order valence-corrected chi connectivity index (χ2v) is 14.7. The first kappa shape index (κ1) is 43.9. The Bertz CT molecular complexity index is 1110. The maximum absolute atomic E-state index is 13.4. The minimum Gasteiger partial charge on any atom is -0.452 e. The summed E-state index contributed by atoms with van der Waals surface area (Å²) in [6, 6.07) is 0. The monoisotopic (exact) mass is 705 g/mol. The Morgan fingerprint density at radius 3 is 2.36 bits per heavy atom. The van der Waals surface area contributed by atoms with Crippen LogP contribution in [0.25, 0.3) is 0 Å². The van der Waals surface area contributed by atoms with Crippen LogP contribution in [0.3, 0.4) is 0 Å². The van der Waals surface area contributed by atoms with Crippen LogP contribution in [-0.2, 0) is 42.8 Å². The summed E-state index contributed by atoms with van der Waals surface area (Å²) >= 11 is 0. The molecule has 7 atom stereocenters. The van der Waals surface area contributed by atoms with Gasteiger partial charge >= 0.3 is 5.97 Å². The van der Waals surface area contributed by atoms with E-state index in [1.165, 1.54) is 0 Å². The minimum atomic E-state index is -0.884. The molecule has 2 aliphatic rings. The van der Waals surface area contributed by atoms with Crippen molar-refractivity contribution in [2.24, 2.45) is 17.8 Å². The van der Waals surface area contributed by atoms with Crippen molar-refractivity contribution < 1.29 is 42.8 Å². The molecule has 286 valence electrons. The molecule has 1 fully saturated rings. The van der Waals surface area contributed by atoms with Crippen molar-refractivity contribution >= 4 is 17.7 Å². The molecule has 2 heterocycles. The Morgan fingerprint density at radius 2 is 1.66 bits per heavy atom. The van der Waals surface area contributed by atoms with Gasteiger partial charge in [0.1, 0.15) is 12.6 Å². The Balaban J connectivity index is 2.27. The predicted octanol–water partition coefficient (Wildman–Crippen LogP) is 7.07. The number of cyclic esters (lactones) is 1. The fourth-order valence-electron chi connectivity index (χ4n) is 6.72. The Labute approximate surface area is 302 Å². The van der Waals surface area contributed by atoms with Gasteiger partial charge in [-0.05, 0) is 82.8 Å². The maximum Gasteiger partial charge on any atom is 0.309 e. The van der Waals surface area contributed by atoms with Gasteiger partial charge in [0.15, 0.2) is 11.9 Å². The van der Waals surface area contributed by atoms with Crippen LogP contribution in [0.4, 0.5) is 0 Å². The average Bonchev–Trinajstić information content (AvgIpc) is 3.37. The molecule has 0 radical (unpaired) electrons. The molecule has 1 saturated heterocycles. The normalized spacial score (nSPS) is 31.5. The molecule has 1 N–H and O–H groups in total. The molecule has 1 amide bonds. The van der Waals surface area contributed by atoms with Crippen LogP contribution in [0, 0.1) is 29.6 Å². The van der Waals surface area contributed by atoms with E-state index in [1.807, 2.05) is 33.8 Å². The number of fused-ring (bicyclic) bond motifs is 1. The maximum atomic E-state index is 13.4. The number of rotatable bonds is 8. The SMILES string of the molecule is CCC[C@@H]1OC(=O)[C@@H](C)C[C@H](C)CCCCC(=O)CCC[C@@H](CC)C#C/C=C(\COC)CC[C@H]2OC(C)(C)O[C@H]2C[C@H](OCOC)CNC1=O. The summed E-state index contributed by atoms with van der Waals surface area (Å²) in [5.41, 5.74) is 1.07. The molecule has 0 aromatic rings. The standard InChI is InChI=1S/C40H67NO9/c1-9-15-36-38(43)41-26-34(47-28-46-8)25-37-35(49-40(5,6)50-37)23-22-32(27-45-7)19-13-17-31(10-2)18-14-21-33(42)20-12-11-16-29(3)24-30(4)39(44)48-36/h19,29-31,34-37H,9-12,14-16,18,20-28H2,1-8H3,(H,41,43)/b32-19-/t29-,30+,31+,34+,35-,36+,37+/m1/s1. The lowest BCUT2D eigenvalue weighted by atomic mass is 9.92. The number of hydrogen-bond donors (Lipinski definition) is 1.